The quantitative estimate of drug-likeness (QED) is 0.404. The maximum absolute atomic E-state index is 12.1. The van der Waals surface area contributed by atoms with E-state index < -0.39 is 11.9 Å². The van der Waals surface area contributed by atoms with E-state index in [1.807, 2.05) is 0 Å². The highest BCUT2D eigenvalue weighted by atomic mass is 35.5. The van der Waals surface area contributed by atoms with Gasteiger partial charge in [0.1, 0.15) is 17.2 Å². The highest BCUT2D eigenvalue weighted by Crippen LogP contribution is 2.32. The molecule has 3 amide bonds. The summed E-state index contributed by atoms with van der Waals surface area (Å²) < 4.78 is 9.67. The average molecular weight is 460 g/mol. The predicted molar refractivity (Wildman–Crippen MR) is 116 cm³/mol. The van der Waals surface area contributed by atoms with Crippen molar-refractivity contribution in [2.75, 3.05) is 18.4 Å². The molecule has 29 heavy (non-hydrogen) atoms. The van der Waals surface area contributed by atoms with Crippen molar-refractivity contribution in [1.29, 1.82) is 0 Å². The number of aromatic nitrogens is 1. The molecule has 8 nitrogen and oxygen atoms in total. The van der Waals surface area contributed by atoms with Gasteiger partial charge in [-0.3, -0.25) is 10.1 Å². The summed E-state index contributed by atoms with van der Waals surface area (Å²) in [6.45, 7) is 5.41. The molecule has 0 fully saturated rings. The zero-order chi connectivity index (χ0) is 21.4. The third-order valence-electron chi connectivity index (χ3n) is 3.72. The van der Waals surface area contributed by atoms with Crippen molar-refractivity contribution in [1.82, 2.24) is 15.0 Å². The first-order valence-electron chi connectivity index (χ1n) is 8.93. The fraction of sp³-hybridized carbons (Fsp3) is 0.389. The van der Waals surface area contributed by atoms with Crippen LogP contribution in [-0.4, -0.2) is 35.4 Å². The van der Waals surface area contributed by atoms with Gasteiger partial charge in [0.15, 0.2) is 0 Å². The van der Waals surface area contributed by atoms with Gasteiger partial charge >= 0.3 is 6.03 Å². The molecule has 1 heterocycles. The largest absolute Gasteiger partial charge is 0.472 e. The van der Waals surface area contributed by atoms with Gasteiger partial charge in [-0.2, -0.15) is 4.37 Å². The zero-order valence-electron chi connectivity index (χ0n) is 16.1. The number of hydrogen-bond acceptors (Lipinski definition) is 6. The van der Waals surface area contributed by atoms with Gasteiger partial charge in [-0.15, -0.1) is 0 Å². The number of benzene rings is 1. The highest BCUT2D eigenvalue weighted by molar-refractivity contribution is 7.11. The van der Waals surface area contributed by atoms with Gasteiger partial charge in [0.05, 0.1) is 10.0 Å². The van der Waals surface area contributed by atoms with E-state index in [4.69, 9.17) is 33.7 Å². The molecule has 1 aromatic carbocycles. The van der Waals surface area contributed by atoms with Crippen molar-refractivity contribution in [2.24, 2.45) is 5.73 Å². The Bertz CT molecular complexity index is 860. The number of rotatable bonds is 10. The minimum atomic E-state index is -0.762. The summed E-state index contributed by atoms with van der Waals surface area (Å²) in [5.41, 5.74) is 6.08. The van der Waals surface area contributed by atoms with Crippen LogP contribution in [0.5, 0.6) is 5.88 Å². The standard InChI is InChI=1S/C18H23Cl2N5O3S/c1-10(2)22-7-4-8-23-18(27)24-17-13(15(21)26)16(25-29-17)28-9-11-5-3-6-12(19)14(11)20/h3,5-6,10,22H,4,7-9H2,1-2H3,(H2,21,26)(H2,23,24,27). The van der Waals surface area contributed by atoms with E-state index in [9.17, 15) is 9.59 Å². The first-order chi connectivity index (χ1) is 13.8. The third kappa shape index (κ3) is 7.04. The fourth-order valence-corrected chi connectivity index (χ4v) is 3.42. The number of nitrogens with zero attached hydrogens (tertiary/aromatic N) is 1. The molecule has 5 N–H and O–H groups in total. The second-order valence-electron chi connectivity index (χ2n) is 6.40. The second kappa shape index (κ2) is 11.2. The number of anilines is 1. The zero-order valence-corrected chi connectivity index (χ0v) is 18.4. The molecule has 0 atom stereocenters. The normalized spacial score (nSPS) is 10.8. The Morgan fingerprint density at radius 2 is 2.03 bits per heavy atom. The van der Waals surface area contributed by atoms with Crippen molar-refractivity contribution in [2.45, 2.75) is 32.9 Å². The van der Waals surface area contributed by atoms with Gasteiger partial charge in [0, 0.05) is 18.2 Å². The number of hydrogen-bond donors (Lipinski definition) is 4. The van der Waals surface area contributed by atoms with Gasteiger partial charge in [-0.05, 0) is 30.6 Å². The van der Waals surface area contributed by atoms with Crippen LogP contribution in [0.4, 0.5) is 9.80 Å². The molecule has 158 valence electrons. The Morgan fingerprint density at radius 1 is 1.28 bits per heavy atom. The van der Waals surface area contributed by atoms with Crippen LogP contribution in [0.15, 0.2) is 18.2 Å². The molecule has 0 aliphatic heterocycles. The smallest absolute Gasteiger partial charge is 0.319 e. The van der Waals surface area contributed by atoms with Crippen molar-refractivity contribution >= 4 is 51.7 Å². The summed E-state index contributed by atoms with van der Waals surface area (Å²) in [4.78, 5) is 23.9. The maximum Gasteiger partial charge on any atom is 0.319 e. The number of amides is 3. The average Bonchev–Trinajstić information content (AvgIpc) is 3.05. The Hall–Kier alpha value is -2.07. The van der Waals surface area contributed by atoms with E-state index >= 15 is 0 Å². The van der Waals surface area contributed by atoms with E-state index in [0.29, 0.717) is 28.2 Å². The minimum Gasteiger partial charge on any atom is -0.472 e. The van der Waals surface area contributed by atoms with Gasteiger partial charge in [0.25, 0.3) is 5.91 Å². The predicted octanol–water partition coefficient (Wildman–Crippen LogP) is 3.64. The second-order valence-corrected chi connectivity index (χ2v) is 7.96. The van der Waals surface area contributed by atoms with Gasteiger partial charge in [-0.1, -0.05) is 49.2 Å². The Labute approximate surface area is 183 Å². The lowest BCUT2D eigenvalue weighted by atomic mass is 10.2. The molecule has 0 spiro atoms. The molecule has 0 saturated heterocycles. The molecular weight excluding hydrogens is 437 g/mol. The highest BCUT2D eigenvalue weighted by Gasteiger charge is 2.22. The van der Waals surface area contributed by atoms with Crippen molar-refractivity contribution in [3.63, 3.8) is 0 Å². The first kappa shape index (κ1) is 23.2. The molecule has 0 saturated carbocycles. The lowest BCUT2D eigenvalue weighted by Gasteiger charge is -2.10. The Balaban J connectivity index is 1.96. The molecule has 0 unspecified atom stereocenters. The summed E-state index contributed by atoms with van der Waals surface area (Å²) in [6.07, 6.45) is 0.770. The molecule has 2 aromatic rings. The Morgan fingerprint density at radius 3 is 2.72 bits per heavy atom. The monoisotopic (exact) mass is 459 g/mol. The number of primary amides is 1. The molecule has 11 heteroatoms. The van der Waals surface area contributed by atoms with Crippen LogP contribution in [0.25, 0.3) is 0 Å². The number of carbonyl (C=O) groups is 2. The van der Waals surface area contributed by atoms with E-state index in [1.54, 1.807) is 18.2 Å². The first-order valence-corrected chi connectivity index (χ1v) is 10.5. The van der Waals surface area contributed by atoms with Crippen LogP contribution in [0.2, 0.25) is 10.0 Å². The van der Waals surface area contributed by atoms with Gasteiger partial charge < -0.3 is 21.1 Å². The molecule has 2 rings (SSSR count). The summed E-state index contributed by atoms with van der Waals surface area (Å²) in [6, 6.07) is 5.07. The lowest BCUT2D eigenvalue weighted by Crippen LogP contribution is -2.32. The maximum atomic E-state index is 12.1. The molecule has 0 bridgehead atoms. The fourth-order valence-electron chi connectivity index (χ4n) is 2.31. The van der Waals surface area contributed by atoms with E-state index in [1.165, 1.54) is 0 Å². The summed E-state index contributed by atoms with van der Waals surface area (Å²) in [5.74, 6) is -0.739. The third-order valence-corrected chi connectivity index (χ3v) is 5.33. The number of nitrogens with two attached hydrogens (primary N) is 1. The van der Waals surface area contributed by atoms with Crippen LogP contribution in [0.1, 0.15) is 36.2 Å². The number of ether oxygens (including phenoxy) is 1. The molecule has 0 radical (unpaired) electrons. The van der Waals surface area contributed by atoms with Gasteiger partial charge in [0.2, 0.25) is 5.88 Å². The Kier molecular flexibility index (Phi) is 8.97. The van der Waals surface area contributed by atoms with Crippen LogP contribution in [-0.2, 0) is 6.61 Å². The molecule has 1 aromatic heterocycles. The van der Waals surface area contributed by atoms with E-state index in [0.717, 1.165) is 24.5 Å². The van der Waals surface area contributed by atoms with E-state index in [2.05, 4.69) is 34.2 Å². The van der Waals surface area contributed by atoms with Gasteiger partial charge in [-0.25, -0.2) is 4.79 Å². The van der Waals surface area contributed by atoms with Crippen molar-refractivity contribution < 1.29 is 14.3 Å². The van der Waals surface area contributed by atoms with Crippen LogP contribution >= 0.6 is 34.7 Å². The summed E-state index contributed by atoms with van der Waals surface area (Å²) in [7, 11) is 0. The van der Waals surface area contributed by atoms with Crippen LogP contribution in [0.3, 0.4) is 0 Å². The molecular formula is C18H23Cl2N5O3S. The number of nitrogens with one attached hydrogen (secondary N) is 3. The summed E-state index contributed by atoms with van der Waals surface area (Å²) >= 11 is 13.0. The van der Waals surface area contributed by atoms with Crippen molar-refractivity contribution in [3.05, 3.63) is 39.4 Å². The topological polar surface area (TPSA) is 118 Å². The van der Waals surface area contributed by atoms with Crippen molar-refractivity contribution in [3.8, 4) is 5.88 Å². The molecule has 0 aliphatic rings. The molecule has 0 aliphatic carbocycles. The van der Waals surface area contributed by atoms with Crippen LogP contribution < -0.4 is 26.4 Å². The van der Waals surface area contributed by atoms with Crippen LogP contribution in [0, 0.1) is 0 Å². The number of carbonyl (C=O) groups excluding carboxylic acids is 2. The summed E-state index contributed by atoms with van der Waals surface area (Å²) in [5, 5.41) is 9.52. The number of halogens is 2. The van der Waals surface area contributed by atoms with E-state index in [-0.39, 0.29) is 23.1 Å². The minimum absolute atomic E-state index is 0.00442. The number of urea groups is 1. The SMILES string of the molecule is CC(C)NCCCNC(=O)Nc1snc(OCc2cccc(Cl)c2Cl)c1C(N)=O. The lowest BCUT2D eigenvalue weighted by molar-refractivity contribution is 0.0996.